The van der Waals surface area contributed by atoms with Crippen LogP contribution >= 0.6 is 0 Å². The summed E-state index contributed by atoms with van der Waals surface area (Å²) in [5.41, 5.74) is 1.87. The fourth-order valence-corrected chi connectivity index (χ4v) is 2.50. The van der Waals surface area contributed by atoms with Crippen molar-refractivity contribution in [3.05, 3.63) is 53.2 Å². The van der Waals surface area contributed by atoms with Gasteiger partial charge in [-0.2, -0.15) is 4.73 Å². The lowest BCUT2D eigenvalue weighted by molar-refractivity contribution is -0.577. The predicted molar refractivity (Wildman–Crippen MR) is 75.1 cm³/mol. The van der Waals surface area contributed by atoms with Gasteiger partial charge in [0.1, 0.15) is 0 Å². The van der Waals surface area contributed by atoms with Crippen molar-refractivity contribution < 1.29 is 4.73 Å². The van der Waals surface area contributed by atoms with Crippen LogP contribution in [0.1, 0.15) is 45.1 Å². The van der Waals surface area contributed by atoms with Crippen LogP contribution in [0.15, 0.2) is 36.5 Å². The molecule has 18 heavy (non-hydrogen) atoms. The van der Waals surface area contributed by atoms with Crippen LogP contribution in [-0.4, -0.2) is 0 Å². The maximum Gasteiger partial charge on any atom is 0.223 e. The van der Waals surface area contributed by atoms with Crippen LogP contribution < -0.4 is 4.73 Å². The van der Waals surface area contributed by atoms with Gasteiger partial charge in [-0.05, 0) is 30.4 Å². The van der Waals surface area contributed by atoms with Crippen molar-refractivity contribution in [1.29, 1.82) is 0 Å². The second kappa shape index (κ2) is 5.38. The first-order valence-electron chi connectivity index (χ1n) is 6.55. The lowest BCUT2D eigenvalue weighted by Gasteiger charge is -2.19. The Labute approximate surface area is 109 Å². The van der Waals surface area contributed by atoms with Gasteiger partial charge in [-0.3, -0.25) is 0 Å². The molecule has 0 N–H and O–H groups in total. The predicted octanol–water partition coefficient (Wildman–Crippen LogP) is 3.97. The molecular formula is C16H20NO. The van der Waals surface area contributed by atoms with Crippen LogP contribution in [0, 0.1) is 11.1 Å². The highest BCUT2D eigenvalue weighted by Crippen LogP contribution is 2.31. The van der Waals surface area contributed by atoms with Gasteiger partial charge in [0.15, 0.2) is 6.20 Å². The Bertz CT molecular complexity index is 534. The maximum atomic E-state index is 12.0. The SMILES string of the molecule is CCCC([C](C)C)c1cc2ccccc2[n+]([O-])c1. The van der Waals surface area contributed by atoms with Gasteiger partial charge in [0, 0.05) is 17.0 Å². The average Bonchev–Trinajstić information content (AvgIpc) is 2.35. The minimum Gasteiger partial charge on any atom is -0.618 e. The molecule has 0 amide bonds. The molecule has 0 fully saturated rings. The van der Waals surface area contributed by atoms with Crippen LogP contribution in [-0.2, 0) is 0 Å². The fraction of sp³-hybridized carbons (Fsp3) is 0.375. The second-order valence-electron chi connectivity index (χ2n) is 5.08. The third-order valence-electron chi connectivity index (χ3n) is 3.44. The summed E-state index contributed by atoms with van der Waals surface area (Å²) in [6, 6.07) is 9.89. The molecule has 0 saturated carbocycles. The van der Waals surface area contributed by atoms with Crippen molar-refractivity contribution in [2.75, 3.05) is 0 Å². The molecule has 2 rings (SSSR count). The van der Waals surface area contributed by atoms with Gasteiger partial charge in [0.25, 0.3) is 0 Å². The summed E-state index contributed by atoms with van der Waals surface area (Å²) in [5, 5.41) is 13.1. The zero-order chi connectivity index (χ0) is 13.1. The first-order valence-corrected chi connectivity index (χ1v) is 6.55. The first-order chi connectivity index (χ1) is 8.63. The summed E-state index contributed by atoms with van der Waals surface area (Å²) in [5.74, 6) is 1.76. The van der Waals surface area contributed by atoms with Crippen LogP contribution in [0.3, 0.4) is 0 Å². The lowest BCUT2D eigenvalue weighted by Crippen LogP contribution is -2.28. The molecule has 0 bridgehead atoms. The van der Waals surface area contributed by atoms with E-state index in [0.29, 0.717) is 5.92 Å². The Morgan fingerprint density at radius 2 is 2.00 bits per heavy atom. The van der Waals surface area contributed by atoms with E-state index in [9.17, 15) is 5.21 Å². The smallest absolute Gasteiger partial charge is 0.223 e. The van der Waals surface area contributed by atoms with E-state index in [1.54, 1.807) is 6.20 Å². The summed E-state index contributed by atoms with van der Waals surface area (Å²) in [6.07, 6.45) is 3.96. The normalized spacial score (nSPS) is 13.1. The van der Waals surface area contributed by atoms with Crippen molar-refractivity contribution in [1.82, 2.24) is 0 Å². The van der Waals surface area contributed by atoms with Crippen LogP contribution in [0.4, 0.5) is 0 Å². The molecule has 0 aliphatic heterocycles. The number of para-hydroxylation sites is 1. The molecular weight excluding hydrogens is 222 g/mol. The standard InChI is InChI=1S/C16H20NO/c1-4-7-15(12(2)3)14-10-13-8-5-6-9-16(13)17(18)11-14/h5-6,8-11,15H,4,7H2,1-3H3. The van der Waals surface area contributed by atoms with Crippen LogP contribution in [0.2, 0.25) is 0 Å². The van der Waals surface area contributed by atoms with Crippen molar-refractivity contribution in [2.24, 2.45) is 0 Å². The Morgan fingerprint density at radius 3 is 2.67 bits per heavy atom. The minimum absolute atomic E-state index is 0.389. The molecule has 1 heterocycles. The minimum atomic E-state index is 0.389. The van der Waals surface area contributed by atoms with E-state index < -0.39 is 0 Å². The highest BCUT2D eigenvalue weighted by molar-refractivity contribution is 5.76. The van der Waals surface area contributed by atoms with Gasteiger partial charge in [-0.15, -0.1) is 0 Å². The summed E-state index contributed by atoms with van der Waals surface area (Å²) in [7, 11) is 0. The van der Waals surface area contributed by atoms with E-state index >= 15 is 0 Å². The van der Waals surface area contributed by atoms with Crippen molar-refractivity contribution in [3.8, 4) is 0 Å². The maximum absolute atomic E-state index is 12.0. The number of nitrogens with zero attached hydrogens (tertiary/aromatic N) is 1. The zero-order valence-corrected chi connectivity index (χ0v) is 11.3. The zero-order valence-electron chi connectivity index (χ0n) is 11.3. The Hall–Kier alpha value is -1.57. The molecule has 0 saturated heterocycles. The Morgan fingerprint density at radius 1 is 1.28 bits per heavy atom. The molecule has 1 unspecified atom stereocenters. The van der Waals surface area contributed by atoms with Gasteiger partial charge in [-0.25, -0.2) is 0 Å². The highest BCUT2D eigenvalue weighted by atomic mass is 16.5. The summed E-state index contributed by atoms with van der Waals surface area (Å²) in [6.45, 7) is 6.47. The third-order valence-corrected chi connectivity index (χ3v) is 3.44. The number of rotatable bonds is 4. The third kappa shape index (κ3) is 2.47. The molecule has 1 aromatic carbocycles. The monoisotopic (exact) mass is 242 g/mol. The molecule has 2 heteroatoms. The Kier molecular flexibility index (Phi) is 3.85. The van der Waals surface area contributed by atoms with Gasteiger partial charge in [-0.1, -0.05) is 39.3 Å². The lowest BCUT2D eigenvalue weighted by atomic mass is 9.85. The van der Waals surface area contributed by atoms with E-state index in [1.165, 1.54) is 5.92 Å². The number of fused-ring (bicyclic) bond motifs is 1. The molecule has 2 nitrogen and oxygen atoms in total. The number of hydrogen-bond acceptors (Lipinski definition) is 1. The van der Waals surface area contributed by atoms with Gasteiger partial charge >= 0.3 is 0 Å². The molecule has 0 spiro atoms. The summed E-state index contributed by atoms with van der Waals surface area (Å²) >= 11 is 0. The van der Waals surface area contributed by atoms with Gasteiger partial charge in [0.05, 0.1) is 0 Å². The molecule has 0 aliphatic carbocycles. The molecule has 0 aliphatic rings. The van der Waals surface area contributed by atoms with E-state index in [2.05, 4.69) is 26.8 Å². The number of aromatic nitrogens is 1. The van der Waals surface area contributed by atoms with E-state index in [0.717, 1.165) is 34.0 Å². The second-order valence-corrected chi connectivity index (χ2v) is 5.08. The molecule has 2 aromatic rings. The molecule has 95 valence electrons. The summed E-state index contributed by atoms with van der Waals surface area (Å²) in [4.78, 5) is 0. The molecule has 1 aromatic heterocycles. The number of hydrogen-bond donors (Lipinski definition) is 0. The number of benzene rings is 1. The van der Waals surface area contributed by atoms with Crippen molar-refractivity contribution in [3.63, 3.8) is 0 Å². The van der Waals surface area contributed by atoms with E-state index in [-0.39, 0.29) is 0 Å². The average molecular weight is 242 g/mol. The van der Waals surface area contributed by atoms with E-state index in [1.807, 2.05) is 24.3 Å². The van der Waals surface area contributed by atoms with Crippen molar-refractivity contribution in [2.45, 2.75) is 39.5 Å². The topological polar surface area (TPSA) is 26.9 Å². The summed E-state index contributed by atoms with van der Waals surface area (Å²) < 4.78 is 0.996. The van der Waals surface area contributed by atoms with Gasteiger partial charge in [0.2, 0.25) is 5.52 Å². The highest BCUT2D eigenvalue weighted by Gasteiger charge is 2.19. The number of pyridine rings is 1. The fourth-order valence-electron chi connectivity index (χ4n) is 2.50. The van der Waals surface area contributed by atoms with Crippen LogP contribution in [0.5, 0.6) is 0 Å². The van der Waals surface area contributed by atoms with Crippen LogP contribution in [0.25, 0.3) is 10.9 Å². The Balaban J connectivity index is 2.50. The molecule has 1 atom stereocenters. The first kappa shape index (κ1) is 12.9. The quantitative estimate of drug-likeness (QED) is 0.588. The van der Waals surface area contributed by atoms with Crippen molar-refractivity contribution >= 4 is 10.9 Å². The largest absolute Gasteiger partial charge is 0.618 e. The van der Waals surface area contributed by atoms with Gasteiger partial charge < -0.3 is 5.21 Å². The molecule has 1 radical (unpaired) electrons. The van der Waals surface area contributed by atoms with E-state index in [4.69, 9.17) is 0 Å².